The molecular formula is C11H15F3N2O. The maximum absolute atomic E-state index is 12.4. The molecule has 0 aliphatic carbocycles. The maximum Gasteiger partial charge on any atom is 0.471 e. The minimum Gasteiger partial charge on any atom is -0.315 e. The smallest absolute Gasteiger partial charge is 0.315 e. The van der Waals surface area contributed by atoms with Crippen molar-refractivity contribution in [2.24, 2.45) is 5.41 Å². The molecule has 0 rings (SSSR count). The van der Waals surface area contributed by atoms with Crippen LogP contribution in [-0.4, -0.2) is 29.6 Å². The Bertz CT molecular complexity index is 336. The lowest BCUT2D eigenvalue weighted by Gasteiger charge is -2.35. The molecule has 0 unspecified atom stereocenters. The van der Waals surface area contributed by atoms with Crippen LogP contribution in [0.2, 0.25) is 0 Å². The Kier molecular flexibility index (Phi) is 4.75. The number of carbonyl (C=O) groups excluding carboxylic acids is 1. The van der Waals surface area contributed by atoms with Gasteiger partial charge in [-0.1, -0.05) is 26.8 Å². The van der Waals surface area contributed by atoms with E-state index in [0.717, 1.165) is 0 Å². The second-order valence-electron chi connectivity index (χ2n) is 4.64. The molecular weight excluding hydrogens is 233 g/mol. The van der Waals surface area contributed by atoms with Crippen molar-refractivity contribution in [2.45, 2.75) is 33.0 Å². The Morgan fingerprint density at radius 1 is 1.47 bits per heavy atom. The molecule has 0 aromatic heterocycles. The minimum absolute atomic E-state index is 0.312. The van der Waals surface area contributed by atoms with Gasteiger partial charge < -0.3 is 4.90 Å². The predicted molar refractivity (Wildman–Crippen MR) is 56.8 cm³/mol. The molecule has 17 heavy (non-hydrogen) atoms. The minimum atomic E-state index is -4.98. The van der Waals surface area contributed by atoms with Gasteiger partial charge in [0.1, 0.15) is 6.04 Å². The third-order valence-corrected chi connectivity index (χ3v) is 2.08. The second-order valence-corrected chi connectivity index (χ2v) is 4.64. The molecule has 1 atom stereocenters. The molecule has 0 aliphatic heterocycles. The van der Waals surface area contributed by atoms with Crippen LogP contribution >= 0.6 is 0 Å². The molecule has 1 amide bonds. The van der Waals surface area contributed by atoms with Crippen molar-refractivity contribution in [3.63, 3.8) is 0 Å². The first-order valence-corrected chi connectivity index (χ1v) is 4.94. The number of rotatable bonds is 3. The van der Waals surface area contributed by atoms with Gasteiger partial charge in [0.25, 0.3) is 0 Å². The molecule has 6 heteroatoms. The van der Waals surface area contributed by atoms with Crippen molar-refractivity contribution in [3.8, 4) is 6.07 Å². The van der Waals surface area contributed by atoms with Gasteiger partial charge in [-0.15, -0.1) is 6.58 Å². The molecule has 0 fully saturated rings. The summed E-state index contributed by atoms with van der Waals surface area (Å²) in [7, 11) is 0. The highest BCUT2D eigenvalue weighted by Gasteiger charge is 2.46. The van der Waals surface area contributed by atoms with Crippen molar-refractivity contribution in [3.05, 3.63) is 12.7 Å². The van der Waals surface area contributed by atoms with Gasteiger partial charge in [0.2, 0.25) is 0 Å². The fourth-order valence-corrected chi connectivity index (χ4v) is 1.34. The van der Waals surface area contributed by atoms with E-state index in [1.807, 2.05) is 0 Å². The Labute approximate surface area is 98.5 Å². The highest BCUT2D eigenvalue weighted by atomic mass is 19.4. The molecule has 96 valence electrons. The van der Waals surface area contributed by atoms with Crippen LogP contribution in [0, 0.1) is 16.7 Å². The van der Waals surface area contributed by atoms with Crippen LogP contribution in [0.3, 0.4) is 0 Å². The van der Waals surface area contributed by atoms with Gasteiger partial charge in [-0.25, -0.2) is 0 Å². The highest BCUT2D eigenvalue weighted by molar-refractivity contribution is 5.82. The fourth-order valence-electron chi connectivity index (χ4n) is 1.34. The topological polar surface area (TPSA) is 44.1 Å². The average Bonchev–Trinajstić information content (AvgIpc) is 2.13. The Morgan fingerprint density at radius 2 is 1.94 bits per heavy atom. The lowest BCUT2D eigenvalue weighted by Crippen LogP contribution is -2.51. The molecule has 0 heterocycles. The number of hydrogen-bond acceptors (Lipinski definition) is 2. The Hall–Kier alpha value is -1.51. The van der Waals surface area contributed by atoms with Crippen LogP contribution in [0.25, 0.3) is 0 Å². The number of carbonyl (C=O) groups is 1. The normalized spacial score (nSPS) is 13.7. The Morgan fingerprint density at radius 3 is 2.18 bits per heavy atom. The van der Waals surface area contributed by atoms with Gasteiger partial charge in [0, 0.05) is 6.54 Å². The summed E-state index contributed by atoms with van der Waals surface area (Å²) in [5.41, 5.74) is -0.765. The zero-order valence-corrected chi connectivity index (χ0v) is 10.0. The zero-order valence-electron chi connectivity index (χ0n) is 10.0. The lowest BCUT2D eigenvalue weighted by molar-refractivity contribution is -0.187. The fraction of sp³-hybridized carbons (Fsp3) is 0.636. The number of hydrogen-bond donors (Lipinski definition) is 0. The van der Waals surface area contributed by atoms with Crippen molar-refractivity contribution in [1.29, 1.82) is 5.26 Å². The van der Waals surface area contributed by atoms with Crippen LogP contribution < -0.4 is 0 Å². The largest absolute Gasteiger partial charge is 0.471 e. The van der Waals surface area contributed by atoms with Crippen LogP contribution in [0.5, 0.6) is 0 Å². The molecule has 0 radical (unpaired) electrons. The van der Waals surface area contributed by atoms with Crippen LogP contribution in [0.4, 0.5) is 13.2 Å². The van der Waals surface area contributed by atoms with E-state index < -0.39 is 23.5 Å². The number of alkyl halides is 3. The molecule has 0 saturated carbocycles. The van der Waals surface area contributed by atoms with E-state index in [4.69, 9.17) is 5.26 Å². The van der Waals surface area contributed by atoms with E-state index in [2.05, 4.69) is 6.58 Å². The SMILES string of the molecule is C=CCN(C(=O)C(F)(F)F)[C@@H](C#N)C(C)(C)C. The van der Waals surface area contributed by atoms with E-state index >= 15 is 0 Å². The molecule has 0 aromatic rings. The van der Waals surface area contributed by atoms with Crippen molar-refractivity contribution >= 4 is 5.91 Å². The third kappa shape index (κ3) is 4.10. The van der Waals surface area contributed by atoms with E-state index in [-0.39, 0.29) is 6.54 Å². The molecule has 0 saturated heterocycles. The lowest BCUT2D eigenvalue weighted by atomic mass is 9.86. The molecule has 0 bridgehead atoms. The Balaban J connectivity index is 5.31. The van der Waals surface area contributed by atoms with Crippen LogP contribution in [-0.2, 0) is 4.79 Å². The first kappa shape index (κ1) is 15.5. The number of halogens is 3. The molecule has 0 spiro atoms. The number of amides is 1. The second kappa shape index (κ2) is 5.21. The first-order valence-electron chi connectivity index (χ1n) is 4.94. The summed E-state index contributed by atoms with van der Waals surface area (Å²) in [5, 5.41) is 8.93. The number of nitrogens with zero attached hydrogens (tertiary/aromatic N) is 2. The monoisotopic (exact) mass is 248 g/mol. The summed E-state index contributed by atoms with van der Waals surface area (Å²) in [6.45, 7) is 7.77. The molecule has 0 aliphatic rings. The molecule has 0 N–H and O–H groups in total. The van der Waals surface area contributed by atoms with Crippen LogP contribution in [0.1, 0.15) is 20.8 Å². The van der Waals surface area contributed by atoms with Gasteiger partial charge in [0.15, 0.2) is 0 Å². The maximum atomic E-state index is 12.4. The van der Waals surface area contributed by atoms with Gasteiger partial charge in [-0.2, -0.15) is 18.4 Å². The summed E-state index contributed by atoms with van der Waals surface area (Å²) in [4.78, 5) is 11.7. The summed E-state index contributed by atoms with van der Waals surface area (Å²) < 4.78 is 37.1. The van der Waals surface area contributed by atoms with E-state index in [1.54, 1.807) is 26.8 Å². The summed E-state index contributed by atoms with van der Waals surface area (Å²) in [5.74, 6) is -2.01. The highest BCUT2D eigenvalue weighted by Crippen LogP contribution is 2.28. The van der Waals surface area contributed by atoms with Crippen molar-refractivity contribution in [1.82, 2.24) is 4.90 Å². The molecule has 3 nitrogen and oxygen atoms in total. The summed E-state index contributed by atoms with van der Waals surface area (Å²) in [6, 6.07) is 0.579. The summed E-state index contributed by atoms with van der Waals surface area (Å²) in [6.07, 6.45) is -3.82. The first-order chi connectivity index (χ1) is 7.55. The summed E-state index contributed by atoms with van der Waals surface area (Å²) >= 11 is 0. The van der Waals surface area contributed by atoms with Gasteiger partial charge in [-0.05, 0) is 5.41 Å². The van der Waals surface area contributed by atoms with Gasteiger partial charge in [-0.3, -0.25) is 4.79 Å². The van der Waals surface area contributed by atoms with Gasteiger partial charge >= 0.3 is 12.1 Å². The zero-order chi connectivity index (χ0) is 13.9. The van der Waals surface area contributed by atoms with E-state index in [1.165, 1.54) is 6.08 Å². The third-order valence-electron chi connectivity index (χ3n) is 2.08. The van der Waals surface area contributed by atoms with Gasteiger partial charge in [0.05, 0.1) is 6.07 Å². The van der Waals surface area contributed by atoms with Crippen molar-refractivity contribution in [2.75, 3.05) is 6.54 Å². The molecule has 0 aromatic carbocycles. The van der Waals surface area contributed by atoms with E-state index in [9.17, 15) is 18.0 Å². The number of nitriles is 1. The average molecular weight is 248 g/mol. The quantitative estimate of drug-likeness (QED) is 0.720. The predicted octanol–water partition coefficient (Wildman–Crippen LogP) is 2.50. The van der Waals surface area contributed by atoms with Crippen molar-refractivity contribution < 1.29 is 18.0 Å². The van der Waals surface area contributed by atoms with Crippen LogP contribution in [0.15, 0.2) is 12.7 Å². The van der Waals surface area contributed by atoms with E-state index in [0.29, 0.717) is 4.90 Å². The standard InChI is InChI=1S/C11H15F3N2O/c1-5-6-16(9(17)11(12,13)14)8(7-15)10(2,3)4/h5,8H,1,6H2,2-4H3/t8-/m0/s1.